The summed E-state index contributed by atoms with van der Waals surface area (Å²) >= 11 is 0. The van der Waals surface area contributed by atoms with Crippen LogP contribution in [0.15, 0.2) is 46.9 Å². The van der Waals surface area contributed by atoms with Gasteiger partial charge in [-0.05, 0) is 12.5 Å². The van der Waals surface area contributed by atoms with Gasteiger partial charge in [0.15, 0.2) is 5.96 Å². The molecule has 1 heterocycles. The topological polar surface area (TPSA) is 76.9 Å². The second kappa shape index (κ2) is 5.44. The van der Waals surface area contributed by atoms with Gasteiger partial charge in [-0.15, -0.1) is 0 Å². The maximum atomic E-state index is 5.92. The van der Waals surface area contributed by atoms with E-state index in [1.165, 1.54) is 5.56 Å². The fraction of sp³-hybridized carbons (Fsp3) is 0.308. The van der Waals surface area contributed by atoms with Crippen LogP contribution in [0.3, 0.4) is 0 Å². The van der Waals surface area contributed by atoms with E-state index in [9.17, 15) is 0 Å². The first-order valence-electron chi connectivity index (χ1n) is 5.95. The van der Waals surface area contributed by atoms with Crippen LogP contribution >= 0.6 is 0 Å². The van der Waals surface area contributed by atoms with Crippen molar-refractivity contribution in [3.05, 3.63) is 47.5 Å². The van der Waals surface area contributed by atoms with Crippen LogP contribution in [0.25, 0.3) is 0 Å². The fourth-order valence-corrected chi connectivity index (χ4v) is 1.80. The zero-order chi connectivity index (χ0) is 13.0. The van der Waals surface area contributed by atoms with Crippen molar-refractivity contribution in [2.24, 2.45) is 16.5 Å². The molecule has 0 saturated heterocycles. The fourth-order valence-electron chi connectivity index (χ4n) is 1.80. The van der Waals surface area contributed by atoms with Gasteiger partial charge in [0.25, 0.3) is 0 Å². The van der Waals surface area contributed by atoms with Gasteiger partial charge in [-0.3, -0.25) is 0 Å². The lowest BCUT2D eigenvalue weighted by molar-refractivity contribution is 0.214. The standard InChI is InChI=1S/C13H18N4O/c1-2-18-12-11(14)9-17(13(15)16-12)8-10-6-4-3-5-7-10/h3-7H,2,8-9,14H2,1H3,(H2,15,16). The highest BCUT2D eigenvalue weighted by atomic mass is 16.5. The summed E-state index contributed by atoms with van der Waals surface area (Å²) in [6.45, 7) is 3.66. The number of hydrogen-bond donors (Lipinski definition) is 2. The smallest absolute Gasteiger partial charge is 0.237 e. The van der Waals surface area contributed by atoms with Crippen molar-refractivity contribution in [3.63, 3.8) is 0 Å². The molecule has 0 spiro atoms. The molecule has 5 nitrogen and oxygen atoms in total. The number of nitrogens with zero attached hydrogens (tertiary/aromatic N) is 2. The van der Waals surface area contributed by atoms with Crippen molar-refractivity contribution in [1.82, 2.24) is 4.90 Å². The highest BCUT2D eigenvalue weighted by Gasteiger charge is 2.19. The number of benzene rings is 1. The maximum Gasteiger partial charge on any atom is 0.237 e. The Hall–Kier alpha value is -2.17. The lowest BCUT2D eigenvalue weighted by Gasteiger charge is -2.28. The molecular weight excluding hydrogens is 228 g/mol. The number of aliphatic imine (C=N–C) groups is 1. The van der Waals surface area contributed by atoms with E-state index in [-0.39, 0.29) is 0 Å². The van der Waals surface area contributed by atoms with Gasteiger partial charge in [0.05, 0.1) is 18.8 Å². The van der Waals surface area contributed by atoms with Crippen LogP contribution in [0.4, 0.5) is 0 Å². The van der Waals surface area contributed by atoms with Gasteiger partial charge >= 0.3 is 0 Å². The highest BCUT2D eigenvalue weighted by molar-refractivity contribution is 5.80. The third kappa shape index (κ3) is 2.74. The van der Waals surface area contributed by atoms with Gasteiger partial charge in [0.1, 0.15) is 0 Å². The quantitative estimate of drug-likeness (QED) is 0.830. The van der Waals surface area contributed by atoms with E-state index in [4.69, 9.17) is 16.2 Å². The van der Waals surface area contributed by atoms with E-state index in [1.54, 1.807) is 0 Å². The molecule has 0 radical (unpaired) electrons. The van der Waals surface area contributed by atoms with Gasteiger partial charge in [0, 0.05) is 6.54 Å². The Morgan fingerprint density at radius 3 is 2.67 bits per heavy atom. The van der Waals surface area contributed by atoms with Gasteiger partial charge in [-0.2, -0.15) is 4.99 Å². The zero-order valence-corrected chi connectivity index (χ0v) is 10.5. The molecule has 0 aromatic heterocycles. The summed E-state index contributed by atoms with van der Waals surface area (Å²) in [5, 5.41) is 0. The van der Waals surface area contributed by atoms with Crippen LogP contribution in [-0.2, 0) is 11.3 Å². The zero-order valence-electron chi connectivity index (χ0n) is 10.5. The van der Waals surface area contributed by atoms with E-state index in [0.717, 1.165) is 0 Å². The minimum absolute atomic E-state index is 0.441. The normalized spacial score (nSPS) is 15.6. The molecular formula is C13H18N4O. The second-order valence-electron chi connectivity index (χ2n) is 4.08. The van der Waals surface area contributed by atoms with Crippen molar-refractivity contribution in [1.29, 1.82) is 0 Å². The highest BCUT2D eigenvalue weighted by Crippen LogP contribution is 2.14. The van der Waals surface area contributed by atoms with Gasteiger partial charge in [0.2, 0.25) is 5.88 Å². The predicted molar refractivity (Wildman–Crippen MR) is 71.3 cm³/mol. The molecule has 0 fully saturated rings. The molecule has 2 rings (SSSR count). The monoisotopic (exact) mass is 246 g/mol. The van der Waals surface area contributed by atoms with Crippen molar-refractivity contribution < 1.29 is 4.74 Å². The number of hydrogen-bond acceptors (Lipinski definition) is 5. The molecule has 4 N–H and O–H groups in total. The minimum atomic E-state index is 0.441. The first kappa shape index (κ1) is 12.3. The summed E-state index contributed by atoms with van der Waals surface area (Å²) in [7, 11) is 0. The number of rotatable bonds is 4. The summed E-state index contributed by atoms with van der Waals surface area (Å²) in [4.78, 5) is 6.11. The number of nitrogens with two attached hydrogens (primary N) is 2. The second-order valence-corrected chi connectivity index (χ2v) is 4.08. The molecule has 0 aliphatic carbocycles. The number of guanidine groups is 1. The van der Waals surface area contributed by atoms with Crippen molar-refractivity contribution >= 4 is 5.96 Å². The Labute approximate surface area is 107 Å². The Morgan fingerprint density at radius 2 is 2.00 bits per heavy atom. The Bertz CT molecular complexity index is 467. The third-order valence-corrected chi connectivity index (χ3v) is 2.67. The molecule has 96 valence electrons. The van der Waals surface area contributed by atoms with Gasteiger partial charge in [-0.1, -0.05) is 30.3 Å². The molecule has 0 unspecified atom stereocenters. The van der Waals surface area contributed by atoms with Crippen molar-refractivity contribution in [3.8, 4) is 0 Å². The molecule has 18 heavy (non-hydrogen) atoms. The largest absolute Gasteiger partial charge is 0.477 e. The lowest BCUT2D eigenvalue weighted by atomic mass is 10.2. The molecule has 0 atom stereocenters. The van der Waals surface area contributed by atoms with E-state index in [2.05, 4.69) is 4.99 Å². The van der Waals surface area contributed by atoms with Crippen LogP contribution < -0.4 is 11.5 Å². The Balaban J connectivity index is 2.08. The maximum absolute atomic E-state index is 5.92. The van der Waals surface area contributed by atoms with E-state index >= 15 is 0 Å². The number of ether oxygens (including phenoxy) is 1. The average Bonchev–Trinajstić information content (AvgIpc) is 2.37. The van der Waals surface area contributed by atoms with Gasteiger partial charge in [-0.25, -0.2) is 0 Å². The molecule has 1 aliphatic heterocycles. The average molecular weight is 246 g/mol. The summed E-state index contributed by atoms with van der Waals surface area (Å²) < 4.78 is 5.32. The van der Waals surface area contributed by atoms with Gasteiger partial charge < -0.3 is 21.1 Å². The van der Waals surface area contributed by atoms with Crippen LogP contribution in [-0.4, -0.2) is 24.0 Å². The summed E-state index contributed by atoms with van der Waals surface area (Å²) in [6.07, 6.45) is 0. The van der Waals surface area contributed by atoms with Crippen LogP contribution in [0.1, 0.15) is 12.5 Å². The first-order chi connectivity index (χ1) is 8.70. The van der Waals surface area contributed by atoms with E-state index < -0.39 is 0 Å². The van der Waals surface area contributed by atoms with E-state index in [0.29, 0.717) is 37.2 Å². The minimum Gasteiger partial charge on any atom is -0.477 e. The molecule has 1 aromatic carbocycles. The predicted octanol–water partition coefficient (Wildman–Crippen LogP) is 0.981. The molecule has 1 aromatic rings. The van der Waals surface area contributed by atoms with Crippen LogP contribution in [0, 0.1) is 0 Å². The molecule has 0 amide bonds. The molecule has 0 bridgehead atoms. The van der Waals surface area contributed by atoms with Crippen molar-refractivity contribution in [2.75, 3.05) is 13.2 Å². The molecule has 0 saturated carbocycles. The summed E-state index contributed by atoms with van der Waals surface area (Å²) in [5.41, 5.74) is 13.6. The Kier molecular flexibility index (Phi) is 3.72. The SMILES string of the molecule is CCOC1=C(N)CN(Cc2ccccc2)C(N)=N1. The third-order valence-electron chi connectivity index (χ3n) is 2.67. The van der Waals surface area contributed by atoms with Crippen LogP contribution in [0.5, 0.6) is 0 Å². The first-order valence-corrected chi connectivity index (χ1v) is 5.95. The molecule has 1 aliphatic rings. The van der Waals surface area contributed by atoms with Crippen molar-refractivity contribution in [2.45, 2.75) is 13.5 Å². The molecule has 5 heteroatoms. The summed E-state index contributed by atoms with van der Waals surface area (Å²) in [6, 6.07) is 10.1. The van der Waals surface area contributed by atoms with Crippen LogP contribution in [0.2, 0.25) is 0 Å². The summed E-state index contributed by atoms with van der Waals surface area (Å²) in [5.74, 6) is 0.885. The Morgan fingerprint density at radius 1 is 1.28 bits per heavy atom. The van der Waals surface area contributed by atoms with E-state index in [1.807, 2.05) is 42.2 Å². The lowest BCUT2D eigenvalue weighted by Crippen LogP contribution is -2.42.